The lowest BCUT2D eigenvalue weighted by Crippen LogP contribution is -2.46. The molecule has 70 heavy (non-hydrogen) atoms. The van der Waals surface area contributed by atoms with Crippen molar-refractivity contribution in [2.24, 2.45) is 29.0 Å². The maximum absolute atomic E-state index is 15.0. The molecule has 0 saturated carbocycles. The van der Waals surface area contributed by atoms with E-state index in [-0.39, 0.29) is 108 Å². The molecule has 0 spiro atoms. The van der Waals surface area contributed by atoms with E-state index in [0.29, 0.717) is 62.1 Å². The molecule has 0 unspecified atom stereocenters. The zero-order valence-electron chi connectivity index (χ0n) is 42.0. The average molecular weight is 979 g/mol. The van der Waals surface area contributed by atoms with Crippen molar-refractivity contribution in [1.29, 1.82) is 5.26 Å². The number of hydrogen-bond donors (Lipinski definition) is 4. The van der Waals surface area contributed by atoms with Crippen molar-refractivity contribution in [3.8, 4) is 45.8 Å². The first-order valence-corrected chi connectivity index (χ1v) is 23.5. The monoisotopic (exact) mass is 979 g/mol. The van der Waals surface area contributed by atoms with Gasteiger partial charge in [-0.3, -0.25) is 24.0 Å². The molecule has 16 nitrogen and oxygen atoms in total. The summed E-state index contributed by atoms with van der Waals surface area (Å²) in [6, 6.07) is 14.6. The number of Topliss-reactive ketones (excluding diaryl/α,β-unsaturated/α-hetero) is 3. The van der Waals surface area contributed by atoms with E-state index in [4.69, 9.17) is 41.4 Å². The van der Waals surface area contributed by atoms with Crippen LogP contribution in [0.3, 0.4) is 0 Å². The molecule has 1 aromatic heterocycles. The van der Waals surface area contributed by atoms with E-state index in [1.807, 2.05) is 43.3 Å². The Hall–Kier alpha value is -6.19. The fraction of sp³-hybridized carbons (Fsp3) is 0.472. The third-order valence-corrected chi connectivity index (χ3v) is 12.5. The second-order valence-electron chi connectivity index (χ2n) is 18.8. The number of hydrogen-bond acceptors (Lipinski definition) is 14. The van der Waals surface area contributed by atoms with Crippen molar-refractivity contribution >= 4 is 42.7 Å². The number of ether oxygens (including phenoxy) is 3. The van der Waals surface area contributed by atoms with E-state index in [0.717, 1.165) is 11.1 Å². The van der Waals surface area contributed by atoms with Gasteiger partial charge in [0.25, 0.3) is 0 Å². The number of nitrogens with two attached hydrogens (primary N) is 3. The molecule has 4 aromatic rings. The Morgan fingerprint density at radius 3 is 2.10 bits per heavy atom. The quantitative estimate of drug-likeness (QED) is 0.0825. The molecule has 0 saturated heterocycles. The Morgan fingerprint density at radius 2 is 1.53 bits per heavy atom. The lowest BCUT2D eigenvalue weighted by molar-refractivity contribution is -0.142. The van der Waals surface area contributed by atoms with E-state index in [1.54, 1.807) is 39.0 Å². The largest absolute Gasteiger partial charge is 0.492 e. The molecule has 17 heteroatoms. The van der Waals surface area contributed by atoms with Crippen molar-refractivity contribution in [3.63, 3.8) is 0 Å². The molecule has 3 aromatic carbocycles. The molecule has 4 atom stereocenters. The summed E-state index contributed by atoms with van der Waals surface area (Å²) >= 11 is 0. The number of carbonyl (C=O) groups excluding carboxylic acids is 5. The number of carbonyl (C=O) groups is 5. The standard InChI is InChI=1S/C53H68N8O8.H2S/c1-30-23-44(64)48(61(8)52(66)36(16-18-55)28-43(63)47-32(3)58-50(59-33(47)4)35-12-14-38(15-13-35)53(5,6)7)37-27-40(49(67-9)46(29-37)69-22-20-57)39-24-34(26-45(31(39)2)68-21-19-56)25-41(60-51(30)65)42(62)11-10-17-54;/h12-15,24,26-27,29-30,36,41,48H,10-11,16,18-23,25,28,55-57H2,1-9H3,(H,60,65);1H2/t30-,36-,41+,48+;/m1./s1. The SMILES string of the molecule is COc1c(OCCN)cc2cc1-c1cc(cc(OCCN)c1C)C[C@@H](C(=O)CCC#N)NC(=O)[C@H](C)CC(=O)[C@H]2N(C)C(=O)[C@H](CCN)CC(=O)c1c(C)nc(-c2ccc(C(C)(C)C)cc2)nc1C.S. The Morgan fingerprint density at radius 1 is 0.900 bits per heavy atom. The van der Waals surface area contributed by atoms with Gasteiger partial charge in [-0.25, -0.2) is 9.97 Å². The highest BCUT2D eigenvalue weighted by atomic mass is 32.1. The Labute approximate surface area is 418 Å². The van der Waals surface area contributed by atoms with Gasteiger partial charge < -0.3 is 41.6 Å². The van der Waals surface area contributed by atoms with Gasteiger partial charge >= 0.3 is 0 Å². The highest BCUT2D eigenvalue weighted by Crippen LogP contribution is 2.45. The molecule has 1 aliphatic rings. The summed E-state index contributed by atoms with van der Waals surface area (Å²) in [5, 5.41) is 12.2. The number of nitrogens with one attached hydrogen (secondary N) is 1. The van der Waals surface area contributed by atoms with Crippen LogP contribution in [0.15, 0.2) is 48.5 Å². The van der Waals surface area contributed by atoms with Crippen molar-refractivity contribution in [1.82, 2.24) is 20.2 Å². The number of likely N-dealkylation sites (N-methyl/N-ethyl adjacent to an activating group) is 1. The highest BCUT2D eigenvalue weighted by molar-refractivity contribution is 7.59. The van der Waals surface area contributed by atoms with E-state index in [1.165, 1.54) is 19.1 Å². The third-order valence-electron chi connectivity index (χ3n) is 12.5. The summed E-state index contributed by atoms with van der Waals surface area (Å²) < 4.78 is 18.4. The third kappa shape index (κ3) is 13.4. The predicted molar refractivity (Wildman–Crippen MR) is 274 cm³/mol. The number of nitrogens with zero attached hydrogens (tertiary/aromatic N) is 4. The Bertz CT molecular complexity index is 2570. The molecule has 376 valence electrons. The van der Waals surface area contributed by atoms with Gasteiger partial charge in [-0.05, 0) is 91.6 Å². The molecule has 5 rings (SSSR count). The van der Waals surface area contributed by atoms with Gasteiger partial charge in [0.2, 0.25) is 11.8 Å². The van der Waals surface area contributed by atoms with Crippen LogP contribution in [0.1, 0.15) is 110 Å². The van der Waals surface area contributed by atoms with Gasteiger partial charge in [-0.15, -0.1) is 0 Å². The molecule has 7 N–H and O–H groups in total. The predicted octanol–water partition coefficient (Wildman–Crippen LogP) is 6.08. The first-order valence-electron chi connectivity index (χ1n) is 23.5. The van der Waals surface area contributed by atoms with Crippen LogP contribution in [-0.4, -0.2) is 97.1 Å². The van der Waals surface area contributed by atoms with Crippen molar-refractivity contribution in [2.45, 2.75) is 104 Å². The van der Waals surface area contributed by atoms with Crippen molar-refractivity contribution in [2.75, 3.05) is 47.0 Å². The lowest BCUT2D eigenvalue weighted by atomic mass is 9.86. The van der Waals surface area contributed by atoms with E-state index < -0.39 is 41.5 Å². The van der Waals surface area contributed by atoms with Crippen LogP contribution < -0.4 is 36.7 Å². The Kier molecular flexibility index (Phi) is 20.2. The summed E-state index contributed by atoms with van der Waals surface area (Å²) in [6.45, 7) is 14.0. The number of methoxy groups -OCH3 is 1. The summed E-state index contributed by atoms with van der Waals surface area (Å²) in [5.41, 5.74) is 23.7. The van der Waals surface area contributed by atoms with E-state index in [2.05, 4.69) is 26.1 Å². The fourth-order valence-electron chi connectivity index (χ4n) is 8.83. The second kappa shape index (κ2) is 25.1. The zero-order chi connectivity index (χ0) is 50.7. The number of aryl methyl sites for hydroxylation is 2. The summed E-state index contributed by atoms with van der Waals surface area (Å²) in [7, 11) is 2.97. The van der Waals surface area contributed by atoms with Crippen LogP contribution in [0, 0.1) is 43.9 Å². The van der Waals surface area contributed by atoms with Crippen LogP contribution in [0.25, 0.3) is 22.5 Å². The zero-order valence-corrected chi connectivity index (χ0v) is 43.0. The number of nitriles is 1. The number of ketones is 3. The first kappa shape index (κ1) is 56.4. The van der Waals surface area contributed by atoms with Gasteiger partial charge in [-0.2, -0.15) is 18.8 Å². The fourth-order valence-corrected chi connectivity index (χ4v) is 8.83. The minimum Gasteiger partial charge on any atom is -0.492 e. The van der Waals surface area contributed by atoms with Gasteiger partial charge in [-0.1, -0.05) is 58.0 Å². The minimum absolute atomic E-state index is 0. The Balaban J connectivity index is 0.0000107. The molecule has 4 bridgehead atoms. The lowest BCUT2D eigenvalue weighted by Gasteiger charge is -2.32. The summed E-state index contributed by atoms with van der Waals surface area (Å²) in [4.78, 5) is 82.7. The average Bonchev–Trinajstić information content (AvgIpc) is 3.30. The van der Waals surface area contributed by atoms with Crippen LogP contribution in [-0.2, 0) is 31.0 Å². The van der Waals surface area contributed by atoms with Gasteiger partial charge in [0.1, 0.15) is 25.0 Å². The maximum Gasteiger partial charge on any atom is 0.226 e. The highest BCUT2D eigenvalue weighted by Gasteiger charge is 2.37. The van der Waals surface area contributed by atoms with E-state index >= 15 is 0 Å². The van der Waals surface area contributed by atoms with E-state index in [9.17, 15) is 29.2 Å². The van der Waals surface area contributed by atoms with Gasteiger partial charge in [0.05, 0.1) is 36.2 Å². The molecule has 2 heterocycles. The smallest absolute Gasteiger partial charge is 0.226 e. The van der Waals surface area contributed by atoms with Gasteiger partial charge in [0.15, 0.2) is 34.7 Å². The number of amides is 2. The number of aromatic nitrogens is 2. The van der Waals surface area contributed by atoms with Crippen molar-refractivity contribution in [3.05, 3.63) is 87.7 Å². The van der Waals surface area contributed by atoms with Crippen LogP contribution in [0.2, 0.25) is 0 Å². The molecule has 1 aliphatic heterocycles. The molecular weight excluding hydrogens is 909 g/mol. The van der Waals surface area contributed by atoms with Crippen LogP contribution in [0.5, 0.6) is 17.2 Å². The summed E-state index contributed by atoms with van der Waals surface area (Å²) in [5.74, 6) is -2.77. The molecule has 0 fully saturated rings. The minimum atomic E-state index is -1.32. The van der Waals surface area contributed by atoms with Crippen LogP contribution >= 0.6 is 13.5 Å². The second-order valence-corrected chi connectivity index (χ2v) is 18.8. The molecule has 2 amide bonds. The normalized spacial score (nSPS) is 16.4. The number of benzene rings is 3. The number of fused-ring (bicyclic) bond motifs is 5. The van der Waals surface area contributed by atoms with Crippen molar-refractivity contribution < 1.29 is 38.2 Å². The first-order chi connectivity index (χ1) is 32.8. The topological polar surface area (TPSA) is 256 Å². The summed E-state index contributed by atoms with van der Waals surface area (Å²) in [6.07, 6.45) is -0.581. The molecular formula is C53H70N8O8S. The molecule has 0 radical (unpaired) electrons. The van der Waals surface area contributed by atoms with Crippen LogP contribution in [0.4, 0.5) is 0 Å². The number of rotatable bonds is 18. The maximum atomic E-state index is 15.0. The van der Waals surface area contributed by atoms with Gasteiger partial charge in [0, 0.05) is 68.8 Å². The molecule has 0 aliphatic carbocycles.